The van der Waals surface area contributed by atoms with E-state index in [9.17, 15) is 9.90 Å². The molecule has 0 aliphatic heterocycles. The van der Waals surface area contributed by atoms with Crippen LogP contribution in [-0.2, 0) is 7.05 Å². The van der Waals surface area contributed by atoms with Crippen LogP contribution in [0.5, 0.6) is 0 Å². The summed E-state index contributed by atoms with van der Waals surface area (Å²) in [5, 5.41) is 11.5. The summed E-state index contributed by atoms with van der Waals surface area (Å²) < 4.78 is 1.84. The quantitative estimate of drug-likeness (QED) is 0.597. The summed E-state index contributed by atoms with van der Waals surface area (Å²) >= 11 is 6.08. The van der Waals surface area contributed by atoms with Crippen molar-refractivity contribution >= 4 is 39.5 Å². The number of aromatic nitrogens is 3. The van der Waals surface area contributed by atoms with Gasteiger partial charge in [-0.3, -0.25) is 0 Å². The Labute approximate surface area is 142 Å². The topological polar surface area (TPSA) is 68.0 Å². The van der Waals surface area contributed by atoms with E-state index in [-0.39, 0.29) is 5.69 Å². The largest absolute Gasteiger partial charge is 0.476 e. The number of carbonyl (C=O) groups is 1. The summed E-state index contributed by atoms with van der Waals surface area (Å²) in [5.74, 6) is -0.695. The predicted molar refractivity (Wildman–Crippen MR) is 93.4 cm³/mol. The molecule has 0 saturated heterocycles. The minimum atomic E-state index is -1.08. The zero-order valence-corrected chi connectivity index (χ0v) is 13.4. The molecule has 4 aromatic rings. The van der Waals surface area contributed by atoms with Gasteiger partial charge in [0.2, 0.25) is 0 Å². The van der Waals surface area contributed by atoms with E-state index in [0.717, 1.165) is 16.5 Å². The zero-order valence-electron chi connectivity index (χ0n) is 12.7. The molecule has 2 heterocycles. The zero-order chi connectivity index (χ0) is 16.8. The molecule has 2 aromatic carbocycles. The van der Waals surface area contributed by atoms with E-state index in [4.69, 9.17) is 11.6 Å². The van der Waals surface area contributed by atoms with Crippen molar-refractivity contribution < 1.29 is 9.90 Å². The maximum absolute atomic E-state index is 11.8. The van der Waals surface area contributed by atoms with Crippen molar-refractivity contribution in [3.63, 3.8) is 0 Å². The summed E-state index contributed by atoms with van der Waals surface area (Å²) in [6.45, 7) is 0. The molecule has 0 aliphatic carbocycles. The third-order valence-electron chi connectivity index (χ3n) is 4.03. The lowest BCUT2D eigenvalue weighted by Crippen LogP contribution is -2.05. The van der Waals surface area contributed by atoms with E-state index in [1.165, 1.54) is 0 Å². The van der Waals surface area contributed by atoms with Crippen LogP contribution >= 0.6 is 11.6 Å². The number of carboxylic acids is 1. The van der Waals surface area contributed by atoms with Crippen molar-refractivity contribution in [3.05, 3.63) is 59.2 Å². The summed E-state index contributed by atoms with van der Waals surface area (Å²) in [4.78, 5) is 20.7. The normalized spacial score (nSPS) is 11.2. The van der Waals surface area contributed by atoms with Gasteiger partial charge in [-0.05, 0) is 12.1 Å². The first-order valence-corrected chi connectivity index (χ1v) is 7.68. The molecule has 2 aromatic heterocycles. The van der Waals surface area contributed by atoms with Crippen LogP contribution in [0, 0.1) is 0 Å². The maximum atomic E-state index is 11.8. The number of rotatable bonds is 2. The van der Waals surface area contributed by atoms with Gasteiger partial charge in [-0.1, -0.05) is 48.0 Å². The smallest absolute Gasteiger partial charge is 0.355 e. The Kier molecular flexibility index (Phi) is 3.25. The highest BCUT2D eigenvalue weighted by atomic mass is 35.5. The highest BCUT2D eigenvalue weighted by Crippen LogP contribution is 2.32. The number of aromatic carboxylic acids is 1. The Hall–Kier alpha value is -2.92. The Morgan fingerprint density at radius 3 is 2.58 bits per heavy atom. The summed E-state index contributed by atoms with van der Waals surface area (Å²) in [6, 6.07) is 14.7. The second kappa shape index (κ2) is 5.32. The standard InChI is InChI=1S/C18H12ClN3O2/c1-22-13-9-11(19)7-8-12(13)14-15(18(23)24)20-16(21-17(14)22)10-5-3-2-4-6-10/h2-9H,1H3,(H,23,24). The van der Waals surface area contributed by atoms with Gasteiger partial charge < -0.3 is 9.67 Å². The molecule has 0 bridgehead atoms. The number of halogens is 1. The maximum Gasteiger partial charge on any atom is 0.355 e. The van der Waals surface area contributed by atoms with Gasteiger partial charge in [-0.25, -0.2) is 14.8 Å². The lowest BCUT2D eigenvalue weighted by molar-refractivity contribution is 0.0693. The van der Waals surface area contributed by atoms with Crippen molar-refractivity contribution in [2.75, 3.05) is 0 Å². The SMILES string of the molecule is Cn1c2cc(Cl)ccc2c2c(C(=O)O)nc(-c3ccccc3)nc21. The van der Waals surface area contributed by atoms with Crippen LogP contribution in [0.1, 0.15) is 10.5 Å². The predicted octanol–water partition coefficient (Wildman–Crippen LogP) is 4.14. The van der Waals surface area contributed by atoms with E-state index in [2.05, 4.69) is 9.97 Å². The summed E-state index contributed by atoms with van der Waals surface area (Å²) in [5.41, 5.74) is 2.15. The molecule has 0 atom stereocenters. The molecule has 4 rings (SSSR count). The molecule has 0 spiro atoms. The fourth-order valence-electron chi connectivity index (χ4n) is 2.92. The monoisotopic (exact) mass is 337 g/mol. The molecule has 0 unspecified atom stereocenters. The van der Waals surface area contributed by atoms with Crippen LogP contribution in [0.4, 0.5) is 0 Å². The van der Waals surface area contributed by atoms with Crippen LogP contribution in [0.15, 0.2) is 48.5 Å². The Balaban J connectivity index is 2.16. The third-order valence-corrected chi connectivity index (χ3v) is 4.27. The van der Waals surface area contributed by atoms with Crippen LogP contribution in [0.3, 0.4) is 0 Å². The second-order valence-electron chi connectivity index (χ2n) is 5.49. The van der Waals surface area contributed by atoms with Crippen LogP contribution in [0.2, 0.25) is 5.02 Å². The minimum absolute atomic E-state index is 0.00762. The van der Waals surface area contributed by atoms with Crippen LogP contribution in [-0.4, -0.2) is 25.6 Å². The Morgan fingerprint density at radius 1 is 1.12 bits per heavy atom. The van der Waals surface area contributed by atoms with Gasteiger partial charge in [0.15, 0.2) is 11.5 Å². The number of hydrogen-bond donors (Lipinski definition) is 1. The number of aryl methyl sites for hydroxylation is 1. The number of benzene rings is 2. The summed E-state index contributed by atoms with van der Waals surface area (Å²) in [6.07, 6.45) is 0. The molecule has 0 aliphatic rings. The van der Waals surface area contributed by atoms with Crippen molar-refractivity contribution in [3.8, 4) is 11.4 Å². The van der Waals surface area contributed by atoms with Gasteiger partial charge in [0.25, 0.3) is 0 Å². The average Bonchev–Trinajstić information content (AvgIpc) is 2.87. The van der Waals surface area contributed by atoms with Crippen LogP contribution < -0.4 is 0 Å². The second-order valence-corrected chi connectivity index (χ2v) is 5.92. The molecule has 0 radical (unpaired) electrons. The van der Waals surface area contributed by atoms with Crippen molar-refractivity contribution in [2.24, 2.45) is 7.05 Å². The lowest BCUT2D eigenvalue weighted by Gasteiger charge is -2.04. The number of hydrogen-bond acceptors (Lipinski definition) is 3. The van der Waals surface area contributed by atoms with Crippen LogP contribution in [0.25, 0.3) is 33.3 Å². The van der Waals surface area contributed by atoms with Gasteiger partial charge in [0.1, 0.15) is 5.65 Å². The highest BCUT2D eigenvalue weighted by molar-refractivity contribution is 6.31. The van der Waals surface area contributed by atoms with Crippen molar-refractivity contribution in [1.82, 2.24) is 14.5 Å². The molecule has 0 saturated carbocycles. The van der Waals surface area contributed by atoms with Gasteiger partial charge in [-0.2, -0.15) is 0 Å². The lowest BCUT2D eigenvalue weighted by atomic mass is 10.1. The third kappa shape index (κ3) is 2.13. The molecule has 118 valence electrons. The van der Waals surface area contributed by atoms with Gasteiger partial charge >= 0.3 is 5.97 Å². The van der Waals surface area contributed by atoms with Gasteiger partial charge in [-0.15, -0.1) is 0 Å². The number of fused-ring (bicyclic) bond motifs is 3. The minimum Gasteiger partial charge on any atom is -0.476 e. The molecular formula is C18H12ClN3O2. The first kappa shape index (κ1) is 14.7. The van der Waals surface area contributed by atoms with E-state index in [0.29, 0.717) is 21.9 Å². The van der Waals surface area contributed by atoms with E-state index in [1.807, 2.05) is 41.9 Å². The molecule has 6 heteroatoms. The molecule has 0 amide bonds. The van der Waals surface area contributed by atoms with Gasteiger partial charge in [0.05, 0.1) is 10.9 Å². The molecule has 24 heavy (non-hydrogen) atoms. The molecule has 1 N–H and O–H groups in total. The fraction of sp³-hybridized carbons (Fsp3) is 0.0556. The van der Waals surface area contributed by atoms with Gasteiger partial charge in [0, 0.05) is 23.0 Å². The van der Waals surface area contributed by atoms with Crippen molar-refractivity contribution in [1.29, 1.82) is 0 Å². The first-order chi connectivity index (χ1) is 11.6. The molecule has 5 nitrogen and oxygen atoms in total. The summed E-state index contributed by atoms with van der Waals surface area (Å²) in [7, 11) is 1.84. The van der Waals surface area contributed by atoms with E-state index in [1.54, 1.807) is 18.2 Å². The van der Waals surface area contributed by atoms with E-state index < -0.39 is 5.97 Å². The number of carboxylic acid groups (broad SMARTS) is 1. The molecule has 0 fully saturated rings. The fourth-order valence-corrected chi connectivity index (χ4v) is 3.08. The molecular weight excluding hydrogens is 326 g/mol. The van der Waals surface area contributed by atoms with E-state index >= 15 is 0 Å². The average molecular weight is 338 g/mol. The number of nitrogens with zero attached hydrogens (tertiary/aromatic N) is 3. The van der Waals surface area contributed by atoms with Crippen molar-refractivity contribution in [2.45, 2.75) is 0 Å². The Morgan fingerprint density at radius 2 is 1.88 bits per heavy atom. The first-order valence-electron chi connectivity index (χ1n) is 7.30. The highest BCUT2D eigenvalue weighted by Gasteiger charge is 2.21. The Bertz CT molecular complexity index is 1100.